The van der Waals surface area contributed by atoms with Crippen LogP contribution < -0.4 is 5.32 Å². The number of hydrogen-bond donors (Lipinski definition) is 1. The highest BCUT2D eigenvalue weighted by atomic mass is 35.5. The summed E-state index contributed by atoms with van der Waals surface area (Å²) in [6.45, 7) is 3.71. The Hall–Kier alpha value is -0.800. The zero-order chi connectivity index (χ0) is 13.1. The first-order chi connectivity index (χ1) is 7.93. The van der Waals surface area contributed by atoms with Gasteiger partial charge in [-0.05, 0) is 25.5 Å². The number of rotatable bonds is 4. The molecule has 0 radical (unpaired) electrons. The highest BCUT2D eigenvalue weighted by Gasteiger charge is 2.25. The maximum atomic E-state index is 13.6. The van der Waals surface area contributed by atoms with E-state index in [1.807, 2.05) is 6.92 Å². The van der Waals surface area contributed by atoms with Crippen LogP contribution in [0.15, 0.2) is 18.2 Å². The Morgan fingerprint density at radius 2 is 2.18 bits per heavy atom. The van der Waals surface area contributed by atoms with Gasteiger partial charge in [0.15, 0.2) is 5.82 Å². The smallest absolute Gasteiger partial charge is 0.254 e. The molecule has 0 aliphatic carbocycles. The highest BCUT2D eigenvalue weighted by molar-refractivity contribution is 6.31. The van der Waals surface area contributed by atoms with E-state index in [-0.39, 0.29) is 16.5 Å². The van der Waals surface area contributed by atoms with Crippen LogP contribution in [0.4, 0.5) is 4.39 Å². The Morgan fingerprint density at radius 3 is 2.71 bits per heavy atom. The van der Waals surface area contributed by atoms with Crippen LogP contribution in [0, 0.1) is 5.82 Å². The largest absolute Gasteiger partial charge is 0.346 e. The van der Waals surface area contributed by atoms with Crippen molar-refractivity contribution in [2.24, 2.45) is 0 Å². The predicted octanol–water partition coefficient (Wildman–Crippen LogP) is 3.62. The molecule has 0 aromatic heterocycles. The van der Waals surface area contributed by atoms with E-state index in [0.717, 1.165) is 0 Å². The van der Waals surface area contributed by atoms with Gasteiger partial charge in [-0.3, -0.25) is 4.79 Å². The van der Waals surface area contributed by atoms with E-state index >= 15 is 0 Å². The summed E-state index contributed by atoms with van der Waals surface area (Å²) >= 11 is 11.4. The molecule has 1 atom stereocenters. The van der Waals surface area contributed by atoms with E-state index < -0.39 is 17.3 Å². The van der Waals surface area contributed by atoms with Crippen LogP contribution in [-0.4, -0.2) is 17.3 Å². The van der Waals surface area contributed by atoms with Gasteiger partial charge < -0.3 is 5.32 Å². The number of amides is 1. The Bertz CT molecular complexity index is 419. The summed E-state index contributed by atoms with van der Waals surface area (Å²) in [5.41, 5.74) is -0.616. The topological polar surface area (TPSA) is 29.1 Å². The zero-order valence-electron chi connectivity index (χ0n) is 9.69. The minimum atomic E-state index is -0.709. The quantitative estimate of drug-likeness (QED) is 0.837. The van der Waals surface area contributed by atoms with Crippen molar-refractivity contribution in [2.75, 3.05) is 5.88 Å². The summed E-state index contributed by atoms with van der Waals surface area (Å²) in [7, 11) is 0. The molecular formula is C12H14Cl2FNO. The molecule has 1 unspecified atom stereocenters. The molecule has 0 saturated carbocycles. The molecule has 0 heterocycles. The average Bonchev–Trinajstić information content (AvgIpc) is 2.32. The average molecular weight is 278 g/mol. The van der Waals surface area contributed by atoms with E-state index in [0.29, 0.717) is 6.42 Å². The first kappa shape index (κ1) is 14.3. The molecule has 0 spiro atoms. The molecular weight excluding hydrogens is 264 g/mol. The van der Waals surface area contributed by atoms with Crippen LogP contribution in [0.5, 0.6) is 0 Å². The minimum Gasteiger partial charge on any atom is -0.346 e. The van der Waals surface area contributed by atoms with Crippen molar-refractivity contribution in [2.45, 2.75) is 25.8 Å². The summed E-state index contributed by atoms with van der Waals surface area (Å²) in [4.78, 5) is 11.9. The first-order valence-electron chi connectivity index (χ1n) is 5.26. The monoisotopic (exact) mass is 277 g/mol. The number of alkyl halides is 1. The third kappa shape index (κ3) is 3.33. The van der Waals surface area contributed by atoms with Crippen LogP contribution >= 0.6 is 23.2 Å². The van der Waals surface area contributed by atoms with Gasteiger partial charge in [-0.2, -0.15) is 0 Å². The summed E-state index contributed by atoms with van der Waals surface area (Å²) in [6.07, 6.45) is 0.657. The second kappa shape index (κ2) is 5.69. The summed E-state index contributed by atoms with van der Waals surface area (Å²) < 4.78 is 13.6. The van der Waals surface area contributed by atoms with Crippen LogP contribution in [-0.2, 0) is 0 Å². The van der Waals surface area contributed by atoms with Crippen molar-refractivity contribution in [1.29, 1.82) is 0 Å². The fourth-order valence-electron chi connectivity index (χ4n) is 1.24. The summed E-state index contributed by atoms with van der Waals surface area (Å²) in [5, 5.41) is 2.64. The minimum absolute atomic E-state index is 0.0673. The van der Waals surface area contributed by atoms with Crippen molar-refractivity contribution >= 4 is 29.1 Å². The van der Waals surface area contributed by atoms with Crippen molar-refractivity contribution in [1.82, 2.24) is 5.32 Å². The second-order valence-electron chi connectivity index (χ2n) is 4.10. The molecule has 0 fully saturated rings. The Morgan fingerprint density at radius 1 is 1.53 bits per heavy atom. The number of nitrogens with one attached hydrogen (secondary N) is 1. The molecule has 0 bridgehead atoms. The predicted molar refractivity (Wildman–Crippen MR) is 68.3 cm³/mol. The molecule has 17 heavy (non-hydrogen) atoms. The number of carbonyl (C=O) groups is 1. The first-order valence-corrected chi connectivity index (χ1v) is 6.17. The molecule has 94 valence electrons. The van der Waals surface area contributed by atoms with Gasteiger partial charge in [0.05, 0.1) is 16.1 Å². The van der Waals surface area contributed by atoms with Gasteiger partial charge in [-0.1, -0.05) is 24.6 Å². The number of hydrogen-bond acceptors (Lipinski definition) is 1. The van der Waals surface area contributed by atoms with Gasteiger partial charge in [-0.15, -0.1) is 11.6 Å². The lowest BCUT2D eigenvalue weighted by Gasteiger charge is -2.27. The van der Waals surface area contributed by atoms with E-state index in [1.54, 1.807) is 6.92 Å². The fraction of sp³-hybridized carbons (Fsp3) is 0.417. The van der Waals surface area contributed by atoms with Crippen LogP contribution in [0.3, 0.4) is 0 Å². The SMILES string of the molecule is CCC(C)(CCl)NC(=O)c1cccc(Cl)c1F. The second-order valence-corrected chi connectivity index (χ2v) is 4.78. The van der Waals surface area contributed by atoms with Crippen molar-refractivity contribution in [3.05, 3.63) is 34.6 Å². The molecule has 1 aromatic carbocycles. The van der Waals surface area contributed by atoms with E-state index in [2.05, 4.69) is 5.32 Å². The third-order valence-electron chi connectivity index (χ3n) is 2.69. The molecule has 1 amide bonds. The van der Waals surface area contributed by atoms with Gasteiger partial charge >= 0.3 is 0 Å². The Labute approximate surface area is 110 Å². The number of halogens is 3. The maximum absolute atomic E-state index is 13.6. The number of benzene rings is 1. The number of carbonyl (C=O) groups excluding carboxylic acids is 1. The zero-order valence-corrected chi connectivity index (χ0v) is 11.2. The Balaban J connectivity index is 2.94. The van der Waals surface area contributed by atoms with E-state index in [4.69, 9.17) is 23.2 Å². The van der Waals surface area contributed by atoms with Gasteiger partial charge in [0.25, 0.3) is 5.91 Å². The molecule has 1 aromatic rings. The van der Waals surface area contributed by atoms with E-state index in [9.17, 15) is 9.18 Å². The van der Waals surface area contributed by atoms with Gasteiger partial charge in [0.2, 0.25) is 0 Å². The standard InChI is InChI=1S/C12H14Cl2FNO/c1-3-12(2,7-13)16-11(17)8-5-4-6-9(14)10(8)15/h4-6H,3,7H2,1-2H3,(H,16,17). The summed E-state index contributed by atoms with van der Waals surface area (Å²) in [6, 6.07) is 4.32. The Kier molecular flexibility index (Phi) is 4.78. The maximum Gasteiger partial charge on any atom is 0.254 e. The van der Waals surface area contributed by atoms with Crippen molar-refractivity contribution in [3.8, 4) is 0 Å². The molecule has 0 aliphatic rings. The normalized spacial score (nSPS) is 14.2. The van der Waals surface area contributed by atoms with Crippen molar-refractivity contribution in [3.63, 3.8) is 0 Å². The molecule has 0 saturated heterocycles. The third-order valence-corrected chi connectivity index (χ3v) is 3.57. The molecule has 1 N–H and O–H groups in total. The lowest BCUT2D eigenvalue weighted by Crippen LogP contribution is -2.47. The van der Waals surface area contributed by atoms with Crippen LogP contribution in [0.1, 0.15) is 30.6 Å². The van der Waals surface area contributed by atoms with Crippen LogP contribution in [0.25, 0.3) is 0 Å². The van der Waals surface area contributed by atoms with Crippen LogP contribution in [0.2, 0.25) is 5.02 Å². The molecule has 2 nitrogen and oxygen atoms in total. The summed E-state index contributed by atoms with van der Waals surface area (Å²) in [5.74, 6) is -0.952. The van der Waals surface area contributed by atoms with Gasteiger partial charge in [0, 0.05) is 5.88 Å². The fourth-order valence-corrected chi connectivity index (χ4v) is 1.67. The lowest BCUT2D eigenvalue weighted by molar-refractivity contribution is 0.0908. The molecule has 1 rings (SSSR count). The highest BCUT2D eigenvalue weighted by Crippen LogP contribution is 2.19. The molecule has 5 heteroatoms. The van der Waals surface area contributed by atoms with Gasteiger partial charge in [0.1, 0.15) is 0 Å². The van der Waals surface area contributed by atoms with Gasteiger partial charge in [-0.25, -0.2) is 4.39 Å². The lowest BCUT2D eigenvalue weighted by atomic mass is 10.0. The van der Waals surface area contributed by atoms with E-state index in [1.165, 1.54) is 18.2 Å². The molecule has 0 aliphatic heterocycles. The van der Waals surface area contributed by atoms with Crippen molar-refractivity contribution < 1.29 is 9.18 Å².